The molecule has 2 atom stereocenters. The van der Waals surface area contributed by atoms with E-state index in [4.69, 9.17) is 27.9 Å². The molecule has 0 aliphatic carbocycles. The van der Waals surface area contributed by atoms with Crippen LogP contribution in [0.25, 0.3) is 16.7 Å². The third kappa shape index (κ3) is 5.40. The molecule has 0 bridgehead atoms. The van der Waals surface area contributed by atoms with Crippen molar-refractivity contribution in [1.29, 1.82) is 0 Å². The molecule has 0 radical (unpaired) electrons. The van der Waals surface area contributed by atoms with E-state index >= 15 is 0 Å². The van der Waals surface area contributed by atoms with Crippen molar-refractivity contribution in [3.05, 3.63) is 56.5 Å². The van der Waals surface area contributed by atoms with Crippen LogP contribution in [0.5, 0.6) is 5.75 Å². The van der Waals surface area contributed by atoms with Gasteiger partial charge in [0.05, 0.1) is 46.4 Å². The molecule has 0 unspecified atom stereocenters. The minimum atomic E-state index is -4.76. The van der Waals surface area contributed by atoms with E-state index in [9.17, 15) is 37.1 Å². The Balaban J connectivity index is 1.88. The minimum Gasteiger partial charge on any atom is -0.405 e. The normalized spacial score (nSPS) is 16.7. The number of aromatic nitrogens is 2. The standard InChI is InChI=1S/C23H18Cl2F4N4O5/c1-2-16(23(27,28)29)30-22(37)38-15-9-33(19-13(24)5-10(26)6-14(19)25)21-12(20(15)36)3-4-17(31-21)32-8-11(34)7-18(32)35/h3-6,9,11,16,34H,2,7-8H2,1H3,(H,30,37)/t11-,16+/m0/s1. The Kier molecular flexibility index (Phi) is 7.55. The van der Waals surface area contributed by atoms with Crippen LogP contribution in [0.3, 0.4) is 0 Å². The van der Waals surface area contributed by atoms with Crippen molar-refractivity contribution in [2.75, 3.05) is 11.4 Å². The highest BCUT2D eigenvalue weighted by Gasteiger charge is 2.40. The van der Waals surface area contributed by atoms with Gasteiger partial charge in [0.15, 0.2) is 11.4 Å². The molecule has 15 heteroatoms. The first-order valence-corrected chi connectivity index (χ1v) is 11.8. The number of β-amino-alcohol motifs (C(OH)–C–C–N with tert-alkyl or cyclic N) is 1. The van der Waals surface area contributed by atoms with Crippen LogP contribution in [0, 0.1) is 5.82 Å². The number of rotatable bonds is 5. The van der Waals surface area contributed by atoms with Crippen molar-refractivity contribution >= 4 is 52.1 Å². The summed E-state index contributed by atoms with van der Waals surface area (Å²) in [4.78, 5) is 43.2. The fraction of sp³-hybridized carbons (Fsp3) is 0.304. The first kappa shape index (κ1) is 27.6. The molecule has 2 N–H and O–H groups in total. The summed E-state index contributed by atoms with van der Waals surface area (Å²) in [7, 11) is 0. The van der Waals surface area contributed by atoms with Crippen LogP contribution in [-0.2, 0) is 4.79 Å². The molecule has 1 fully saturated rings. The SMILES string of the molecule is CC[C@@H](NC(=O)Oc1cn(-c2c(Cl)cc(F)cc2Cl)c2nc(N3C[C@@H](O)CC3=O)ccc2c1=O)C(F)(F)F. The van der Waals surface area contributed by atoms with E-state index < -0.39 is 53.7 Å². The molecule has 0 spiro atoms. The van der Waals surface area contributed by atoms with E-state index in [-0.39, 0.29) is 45.5 Å². The van der Waals surface area contributed by atoms with E-state index in [2.05, 4.69) is 4.98 Å². The Bertz CT molecular complexity index is 1470. The number of benzene rings is 1. The zero-order chi connectivity index (χ0) is 27.9. The highest BCUT2D eigenvalue weighted by molar-refractivity contribution is 6.37. The van der Waals surface area contributed by atoms with E-state index in [1.807, 2.05) is 0 Å². The number of aliphatic hydroxyl groups is 1. The molecule has 3 heterocycles. The van der Waals surface area contributed by atoms with Crippen LogP contribution >= 0.6 is 23.2 Å². The third-order valence-electron chi connectivity index (χ3n) is 5.71. The lowest BCUT2D eigenvalue weighted by Gasteiger charge is -2.20. The lowest BCUT2D eigenvalue weighted by Crippen LogP contribution is -2.46. The van der Waals surface area contributed by atoms with Gasteiger partial charge in [0.2, 0.25) is 11.3 Å². The Morgan fingerprint density at radius 3 is 2.47 bits per heavy atom. The molecular weight excluding hydrogens is 559 g/mol. The van der Waals surface area contributed by atoms with Gasteiger partial charge in [-0.15, -0.1) is 0 Å². The van der Waals surface area contributed by atoms with Gasteiger partial charge in [0, 0.05) is 0 Å². The van der Waals surface area contributed by atoms with Crippen LogP contribution in [-0.4, -0.2) is 51.5 Å². The summed E-state index contributed by atoms with van der Waals surface area (Å²) in [6.45, 7) is 1.14. The molecule has 2 amide bonds. The summed E-state index contributed by atoms with van der Waals surface area (Å²) in [5.41, 5.74) is -1.16. The number of anilines is 1. The van der Waals surface area contributed by atoms with E-state index in [1.54, 1.807) is 5.32 Å². The van der Waals surface area contributed by atoms with Gasteiger partial charge in [-0.2, -0.15) is 13.2 Å². The molecule has 38 heavy (non-hydrogen) atoms. The number of nitrogens with zero attached hydrogens (tertiary/aromatic N) is 3. The largest absolute Gasteiger partial charge is 0.413 e. The van der Waals surface area contributed by atoms with Gasteiger partial charge < -0.3 is 15.2 Å². The van der Waals surface area contributed by atoms with Crippen LogP contribution < -0.4 is 20.4 Å². The average molecular weight is 577 g/mol. The number of fused-ring (bicyclic) bond motifs is 1. The number of hydrogen-bond acceptors (Lipinski definition) is 6. The summed E-state index contributed by atoms with van der Waals surface area (Å²) in [5.74, 6) is -1.86. The van der Waals surface area contributed by atoms with Crippen molar-refractivity contribution in [2.24, 2.45) is 0 Å². The van der Waals surface area contributed by atoms with Crippen molar-refractivity contribution in [3.63, 3.8) is 0 Å². The highest BCUT2D eigenvalue weighted by Crippen LogP contribution is 2.33. The molecular formula is C23H18Cl2F4N4O5. The number of carbonyl (C=O) groups is 2. The smallest absolute Gasteiger partial charge is 0.405 e. The Hall–Kier alpha value is -3.42. The summed E-state index contributed by atoms with van der Waals surface area (Å²) >= 11 is 12.4. The number of ether oxygens (including phenoxy) is 1. The Labute approximate surface area is 221 Å². The molecule has 1 aliphatic heterocycles. The van der Waals surface area contributed by atoms with Crippen molar-refractivity contribution < 1.29 is 37.0 Å². The molecule has 0 saturated carbocycles. The molecule has 1 aliphatic rings. The van der Waals surface area contributed by atoms with Crippen LogP contribution in [0.15, 0.2) is 35.3 Å². The van der Waals surface area contributed by atoms with Gasteiger partial charge in [-0.25, -0.2) is 14.2 Å². The predicted molar refractivity (Wildman–Crippen MR) is 130 cm³/mol. The molecule has 1 aromatic carbocycles. The lowest BCUT2D eigenvalue weighted by atomic mass is 10.2. The summed E-state index contributed by atoms with van der Waals surface area (Å²) in [6, 6.07) is 2.16. The average Bonchev–Trinajstić information content (AvgIpc) is 3.16. The van der Waals surface area contributed by atoms with Gasteiger partial charge in [-0.05, 0) is 30.7 Å². The fourth-order valence-electron chi connectivity index (χ4n) is 3.92. The van der Waals surface area contributed by atoms with Gasteiger partial charge in [0.1, 0.15) is 17.7 Å². The minimum absolute atomic E-state index is 0.0567. The topological polar surface area (TPSA) is 114 Å². The molecule has 9 nitrogen and oxygen atoms in total. The number of carbonyl (C=O) groups excluding carboxylic acids is 2. The molecule has 1 saturated heterocycles. The monoisotopic (exact) mass is 576 g/mol. The number of halogens is 6. The van der Waals surface area contributed by atoms with Gasteiger partial charge in [-0.3, -0.25) is 19.1 Å². The first-order valence-electron chi connectivity index (χ1n) is 11.0. The van der Waals surface area contributed by atoms with Crippen molar-refractivity contribution in [1.82, 2.24) is 14.9 Å². The van der Waals surface area contributed by atoms with E-state index in [1.165, 1.54) is 24.0 Å². The van der Waals surface area contributed by atoms with E-state index in [0.29, 0.717) is 0 Å². The second-order valence-corrected chi connectivity index (χ2v) is 9.16. The number of pyridine rings is 2. The Morgan fingerprint density at radius 1 is 1.26 bits per heavy atom. The number of nitrogens with one attached hydrogen (secondary N) is 1. The maximum Gasteiger partial charge on any atom is 0.413 e. The zero-order valence-electron chi connectivity index (χ0n) is 19.4. The Morgan fingerprint density at radius 2 is 1.92 bits per heavy atom. The van der Waals surface area contributed by atoms with Crippen molar-refractivity contribution in [2.45, 2.75) is 38.1 Å². The van der Waals surface area contributed by atoms with Crippen LogP contribution in [0.1, 0.15) is 19.8 Å². The van der Waals surface area contributed by atoms with Gasteiger partial charge in [-0.1, -0.05) is 30.1 Å². The number of alkyl halides is 3. The third-order valence-corrected chi connectivity index (χ3v) is 6.28. The maximum absolute atomic E-state index is 13.9. The maximum atomic E-state index is 13.9. The molecule has 3 aromatic rings. The zero-order valence-corrected chi connectivity index (χ0v) is 20.9. The second-order valence-electron chi connectivity index (χ2n) is 8.35. The molecule has 202 valence electrons. The summed E-state index contributed by atoms with van der Waals surface area (Å²) in [6.07, 6.45) is -6.94. The van der Waals surface area contributed by atoms with Crippen LogP contribution in [0.2, 0.25) is 10.0 Å². The van der Waals surface area contributed by atoms with E-state index in [0.717, 1.165) is 22.9 Å². The number of amides is 2. The van der Waals surface area contributed by atoms with Crippen molar-refractivity contribution in [3.8, 4) is 11.4 Å². The van der Waals surface area contributed by atoms with Gasteiger partial charge >= 0.3 is 12.3 Å². The predicted octanol–water partition coefficient (Wildman–Crippen LogP) is 4.36. The highest BCUT2D eigenvalue weighted by atomic mass is 35.5. The number of hydrogen-bond donors (Lipinski definition) is 2. The quantitative estimate of drug-likeness (QED) is 0.436. The van der Waals surface area contributed by atoms with Gasteiger partial charge in [0.25, 0.3) is 0 Å². The second kappa shape index (κ2) is 10.4. The fourth-order valence-corrected chi connectivity index (χ4v) is 4.57. The summed E-state index contributed by atoms with van der Waals surface area (Å²) < 4.78 is 59.1. The lowest BCUT2D eigenvalue weighted by molar-refractivity contribution is -0.154. The summed E-state index contributed by atoms with van der Waals surface area (Å²) in [5, 5.41) is 10.8. The first-order chi connectivity index (χ1) is 17.8. The molecule has 4 rings (SSSR count). The number of aliphatic hydroxyl groups excluding tert-OH is 1. The molecule has 2 aromatic heterocycles. The van der Waals surface area contributed by atoms with Crippen LogP contribution in [0.4, 0.5) is 28.2 Å².